The maximum Gasteiger partial charge on any atom is 0.0615 e. The van der Waals surface area contributed by atoms with Crippen molar-refractivity contribution in [2.75, 3.05) is 20.3 Å². The summed E-state index contributed by atoms with van der Waals surface area (Å²) in [5.41, 5.74) is 1.52. The van der Waals surface area contributed by atoms with Crippen LogP contribution in [0.15, 0.2) is 11.4 Å². The normalized spacial score (nSPS) is 19.3. The highest BCUT2D eigenvalue weighted by atomic mass is 32.1. The maximum atomic E-state index is 5.19. The molecule has 0 amide bonds. The Morgan fingerprint density at radius 2 is 2.50 bits per heavy atom. The minimum atomic E-state index is 0.535. The van der Waals surface area contributed by atoms with Crippen molar-refractivity contribution in [3.05, 3.63) is 21.9 Å². The van der Waals surface area contributed by atoms with Gasteiger partial charge in [-0.25, -0.2) is 0 Å². The summed E-state index contributed by atoms with van der Waals surface area (Å²) in [4.78, 5) is 4.07. The van der Waals surface area contributed by atoms with Gasteiger partial charge in [0.15, 0.2) is 0 Å². The molecular formula is C11H17NOS. The molecule has 0 fully saturated rings. The summed E-state index contributed by atoms with van der Waals surface area (Å²) in [6, 6.07) is 2.79. The number of rotatable bonds is 3. The molecule has 0 unspecified atom stereocenters. The van der Waals surface area contributed by atoms with Crippen LogP contribution in [0.25, 0.3) is 0 Å². The molecule has 0 saturated carbocycles. The average Bonchev–Trinajstić information content (AvgIpc) is 2.64. The first-order valence-electron chi connectivity index (χ1n) is 5.09. The smallest absolute Gasteiger partial charge is 0.0615 e. The zero-order chi connectivity index (χ0) is 9.97. The summed E-state index contributed by atoms with van der Waals surface area (Å²) >= 11 is 1.89. The molecule has 2 heterocycles. The van der Waals surface area contributed by atoms with E-state index >= 15 is 0 Å². The van der Waals surface area contributed by atoms with Crippen molar-refractivity contribution in [1.29, 1.82) is 0 Å². The summed E-state index contributed by atoms with van der Waals surface area (Å²) in [6.07, 6.45) is 1.21. The van der Waals surface area contributed by atoms with E-state index in [0.717, 1.165) is 13.2 Å². The van der Waals surface area contributed by atoms with Crippen molar-refractivity contribution >= 4 is 11.3 Å². The second-order valence-corrected chi connectivity index (χ2v) is 4.89. The lowest BCUT2D eigenvalue weighted by Crippen LogP contribution is -2.39. The van der Waals surface area contributed by atoms with Gasteiger partial charge in [-0.3, -0.25) is 4.90 Å². The van der Waals surface area contributed by atoms with Gasteiger partial charge in [-0.1, -0.05) is 0 Å². The van der Waals surface area contributed by atoms with E-state index in [1.807, 2.05) is 11.3 Å². The molecule has 2 rings (SSSR count). The van der Waals surface area contributed by atoms with Crippen LogP contribution >= 0.6 is 11.3 Å². The van der Waals surface area contributed by atoms with Crippen LogP contribution in [0, 0.1) is 0 Å². The Hall–Kier alpha value is -0.380. The molecule has 1 aromatic heterocycles. The Labute approximate surface area is 89.5 Å². The molecule has 0 spiro atoms. The first-order chi connectivity index (χ1) is 6.81. The fourth-order valence-electron chi connectivity index (χ4n) is 1.99. The molecule has 3 heteroatoms. The molecule has 2 nitrogen and oxygen atoms in total. The number of thiophene rings is 1. The number of fused-ring (bicyclic) bond motifs is 1. The van der Waals surface area contributed by atoms with Gasteiger partial charge < -0.3 is 4.74 Å². The molecule has 1 atom stereocenters. The maximum absolute atomic E-state index is 5.19. The largest absolute Gasteiger partial charge is 0.383 e. The highest BCUT2D eigenvalue weighted by Crippen LogP contribution is 2.24. The summed E-state index contributed by atoms with van der Waals surface area (Å²) < 4.78 is 5.19. The first kappa shape index (κ1) is 10.1. The predicted octanol–water partition coefficient (Wildman–Crippen LogP) is 2.14. The SMILES string of the molecule is COC[C@H](C)N1CCc2sccc2C1. The van der Waals surface area contributed by atoms with E-state index < -0.39 is 0 Å². The van der Waals surface area contributed by atoms with Crippen LogP contribution in [0.4, 0.5) is 0 Å². The Morgan fingerprint density at radius 3 is 3.29 bits per heavy atom. The van der Waals surface area contributed by atoms with Crippen LogP contribution in [0.2, 0.25) is 0 Å². The molecule has 78 valence electrons. The third-order valence-electron chi connectivity index (χ3n) is 2.87. The number of ether oxygens (including phenoxy) is 1. The predicted molar refractivity (Wildman–Crippen MR) is 59.8 cm³/mol. The van der Waals surface area contributed by atoms with Crippen molar-refractivity contribution in [2.45, 2.75) is 25.9 Å². The lowest BCUT2D eigenvalue weighted by atomic mass is 10.1. The first-order valence-corrected chi connectivity index (χ1v) is 5.97. The minimum Gasteiger partial charge on any atom is -0.383 e. The van der Waals surface area contributed by atoms with Gasteiger partial charge in [-0.2, -0.15) is 0 Å². The molecule has 0 saturated heterocycles. The monoisotopic (exact) mass is 211 g/mol. The zero-order valence-electron chi connectivity index (χ0n) is 8.82. The van der Waals surface area contributed by atoms with Crippen molar-refractivity contribution < 1.29 is 4.74 Å². The van der Waals surface area contributed by atoms with E-state index in [2.05, 4.69) is 23.3 Å². The van der Waals surface area contributed by atoms with Crippen LogP contribution < -0.4 is 0 Å². The van der Waals surface area contributed by atoms with Gasteiger partial charge in [0, 0.05) is 31.1 Å². The second kappa shape index (κ2) is 4.43. The van der Waals surface area contributed by atoms with Crippen molar-refractivity contribution in [1.82, 2.24) is 4.90 Å². The summed E-state index contributed by atoms with van der Waals surface area (Å²) in [6.45, 7) is 5.35. The molecule has 0 aromatic carbocycles. The van der Waals surface area contributed by atoms with E-state index in [1.54, 1.807) is 12.0 Å². The highest BCUT2D eigenvalue weighted by Gasteiger charge is 2.20. The molecule has 0 radical (unpaired) electrons. The van der Waals surface area contributed by atoms with E-state index in [4.69, 9.17) is 4.74 Å². The Kier molecular flexibility index (Phi) is 3.21. The van der Waals surface area contributed by atoms with E-state index in [-0.39, 0.29) is 0 Å². The zero-order valence-corrected chi connectivity index (χ0v) is 9.64. The minimum absolute atomic E-state index is 0.535. The van der Waals surface area contributed by atoms with Crippen LogP contribution in [0.3, 0.4) is 0 Å². The topological polar surface area (TPSA) is 12.5 Å². The van der Waals surface area contributed by atoms with Gasteiger partial charge in [0.1, 0.15) is 0 Å². The third kappa shape index (κ3) is 2.00. The van der Waals surface area contributed by atoms with Crippen LogP contribution in [0.1, 0.15) is 17.4 Å². The van der Waals surface area contributed by atoms with Gasteiger partial charge in [0.2, 0.25) is 0 Å². The average molecular weight is 211 g/mol. The van der Waals surface area contributed by atoms with E-state index in [1.165, 1.54) is 18.5 Å². The van der Waals surface area contributed by atoms with Crippen molar-refractivity contribution in [3.63, 3.8) is 0 Å². The quantitative estimate of drug-likeness (QED) is 0.759. The summed E-state index contributed by atoms with van der Waals surface area (Å²) in [5.74, 6) is 0. The Morgan fingerprint density at radius 1 is 1.64 bits per heavy atom. The fraction of sp³-hybridized carbons (Fsp3) is 0.636. The third-order valence-corrected chi connectivity index (χ3v) is 3.89. The molecule has 1 aromatic rings. The number of methoxy groups -OCH3 is 1. The molecule has 14 heavy (non-hydrogen) atoms. The van der Waals surface area contributed by atoms with Crippen LogP contribution in [0.5, 0.6) is 0 Å². The highest BCUT2D eigenvalue weighted by molar-refractivity contribution is 7.10. The molecule has 0 aliphatic carbocycles. The molecule has 1 aliphatic rings. The molecule has 1 aliphatic heterocycles. The number of hydrogen-bond donors (Lipinski definition) is 0. The van der Waals surface area contributed by atoms with Gasteiger partial charge in [0.05, 0.1) is 6.61 Å². The van der Waals surface area contributed by atoms with E-state index in [0.29, 0.717) is 6.04 Å². The summed E-state index contributed by atoms with van der Waals surface area (Å²) in [5, 5.41) is 2.20. The van der Waals surface area contributed by atoms with Crippen LogP contribution in [-0.2, 0) is 17.7 Å². The lowest BCUT2D eigenvalue weighted by Gasteiger charge is -2.31. The molecule has 0 N–H and O–H groups in total. The Bertz CT molecular complexity index is 297. The van der Waals surface area contributed by atoms with E-state index in [9.17, 15) is 0 Å². The van der Waals surface area contributed by atoms with Crippen molar-refractivity contribution in [2.24, 2.45) is 0 Å². The van der Waals surface area contributed by atoms with Gasteiger partial charge >= 0.3 is 0 Å². The van der Waals surface area contributed by atoms with Crippen molar-refractivity contribution in [3.8, 4) is 0 Å². The number of nitrogens with zero attached hydrogens (tertiary/aromatic N) is 1. The molecule has 0 bridgehead atoms. The standard InChI is InChI=1S/C11H17NOS/c1-9(8-13-2)12-5-3-11-10(7-12)4-6-14-11/h4,6,9H,3,5,7-8H2,1-2H3/t9-/m0/s1. The van der Waals surface area contributed by atoms with Gasteiger partial charge in [0.25, 0.3) is 0 Å². The van der Waals surface area contributed by atoms with Crippen LogP contribution in [-0.4, -0.2) is 31.2 Å². The fourth-order valence-corrected chi connectivity index (χ4v) is 2.88. The second-order valence-electron chi connectivity index (χ2n) is 3.89. The Balaban J connectivity index is 2.00. The lowest BCUT2D eigenvalue weighted by molar-refractivity contribution is 0.0914. The summed E-state index contributed by atoms with van der Waals surface area (Å²) in [7, 11) is 1.77. The molecular weight excluding hydrogens is 194 g/mol. The van der Waals surface area contributed by atoms with Gasteiger partial charge in [-0.05, 0) is 30.4 Å². The number of hydrogen-bond acceptors (Lipinski definition) is 3. The van der Waals surface area contributed by atoms with Gasteiger partial charge in [-0.15, -0.1) is 11.3 Å².